The van der Waals surface area contributed by atoms with Crippen LogP contribution in [-0.2, 0) is 20.1 Å². The molecule has 0 saturated heterocycles. The highest BCUT2D eigenvalue weighted by atomic mass is 19.1. The average molecular weight is 350 g/mol. The van der Waals surface area contributed by atoms with Crippen LogP contribution in [0.4, 0.5) is 8.78 Å². The predicted octanol–water partition coefficient (Wildman–Crippen LogP) is 2.44. The molecule has 0 amide bonds. The highest BCUT2D eigenvalue weighted by Crippen LogP contribution is 2.10. The lowest BCUT2D eigenvalue weighted by atomic mass is 10.2. The van der Waals surface area contributed by atoms with Gasteiger partial charge in [-0.15, -0.1) is 10.2 Å². The van der Waals surface area contributed by atoms with E-state index in [2.05, 4.69) is 32.7 Å². The molecule has 2 rings (SSSR count). The van der Waals surface area contributed by atoms with Crippen LogP contribution in [0.2, 0.25) is 0 Å². The summed E-state index contributed by atoms with van der Waals surface area (Å²) in [6, 6.07) is 3.37. The summed E-state index contributed by atoms with van der Waals surface area (Å²) in [6.07, 6.45) is 2.03. The zero-order valence-corrected chi connectivity index (χ0v) is 14.8. The molecule has 0 bridgehead atoms. The second-order valence-electron chi connectivity index (χ2n) is 5.76. The molecule has 0 aliphatic heterocycles. The Bertz CT molecular complexity index is 726. The molecule has 0 spiro atoms. The molecule has 0 atom stereocenters. The van der Waals surface area contributed by atoms with Crippen molar-refractivity contribution in [2.45, 2.75) is 39.8 Å². The summed E-state index contributed by atoms with van der Waals surface area (Å²) in [5.74, 6) is 1.16. The Morgan fingerprint density at radius 1 is 1.24 bits per heavy atom. The van der Waals surface area contributed by atoms with Gasteiger partial charge in [-0.3, -0.25) is 0 Å². The van der Waals surface area contributed by atoms with Crippen LogP contribution in [0.15, 0.2) is 23.2 Å². The van der Waals surface area contributed by atoms with Crippen molar-refractivity contribution in [3.05, 3.63) is 47.0 Å². The van der Waals surface area contributed by atoms with Crippen LogP contribution in [0.1, 0.15) is 37.0 Å². The van der Waals surface area contributed by atoms with E-state index in [4.69, 9.17) is 0 Å². The number of nitrogens with one attached hydrogen (secondary N) is 2. The molecule has 8 heteroatoms. The van der Waals surface area contributed by atoms with Crippen LogP contribution in [0.3, 0.4) is 0 Å². The predicted molar refractivity (Wildman–Crippen MR) is 93.0 cm³/mol. The second kappa shape index (κ2) is 9.10. The second-order valence-corrected chi connectivity index (χ2v) is 5.76. The van der Waals surface area contributed by atoms with Gasteiger partial charge in [-0.2, -0.15) is 0 Å². The van der Waals surface area contributed by atoms with Crippen molar-refractivity contribution in [3.63, 3.8) is 0 Å². The summed E-state index contributed by atoms with van der Waals surface area (Å²) in [6.45, 7) is 5.18. The Morgan fingerprint density at radius 2 is 2.04 bits per heavy atom. The maximum Gasteiger partial charge on any atom is 0.191 e. The Labute approximate surface area is 146 Å². The minimum absolute atomic E-state index is 0.0445. The van der Waals surface area contributed by atoms with Crippen molar-refractivity contribution in [2.75, 3.05) is 6.54 Å². The third kappa shape index (κ3) is 5.51. The fourth-order valence-corrected chi connectivity index (χ4v) is 2.15. The highest BCUT2D eigenvalue weighted by molar-refractivity contribution is 5.79. The van der Waals surface area contributed by atoms with E-state index in [9.17, 15) is 8.78 Å². The maximum absolute atomic E-state index is 13.7. The summed E-state index contributed by atoms with van der Waals surface area (Å²) in [5.41, 5.74) is 0.214. The summed E-state index contributed by atoms with van der Waals surface area (Å²) in [5, 5.41) is 14.4. The lowest BCUT2D eigenvalue weighted by Crippen LogP contribution is -2.38. The first-order valence-electron chi connectivity index (χ1n) is 8.32. The van der Waals surface area contributed by atoms with Crippen molar-refractivity contribution in [2.24, 2.45) is 12.0 Å². The maximum atomic E-state index is 13.7. The minimum Gasteiger partial charge on any atom is -0.356 e. The molecular weight excluding hydrogens is 326 g/mol. The van der Waals surface area contributed by atoms with E-state index in [1.165, 1.54) is 0 Å². The zero-order valence-electron chi connectivity index (χ0n) is 14.8. The van der Waals surface area contributed by atoms with Crippen LogP contribution < -0.4 is 10.6 Å². The number of aliphatic imine (C=N–C) groups is 1. The first kappa shape index (κ1) is 18.8. The quantitative estimate of drug-likeness (QED) is 0.457. The molecule has 0 unspecified atom stereocenters. The van der Waals surface area contributed by atoms with E-state index in [1.807, 2.05) is 18.5 Å². The number of benzene rings is 1. The van der Waals surface area contributed by atoms with Gasteiger partial charge in [0.15, 0.2) is 11.8 Å². The summed E-state index contributed by atoms with van der Waals surface area (Å²) in [7, 11) is 1.88. The molecule has 2 N–H and O–H groups in total. The van der Waals surface area contributed by atoms with Crippen molar-refractivity contribution < 1.29 is 8.78 Å². The number of rotatable bonds is 7. The number of aryl methyl sites for hydroxylation is 1. The number of hydrogen-bond donors (Lipinski definition) is 2. The molecule has 1 heterocycles. The Kier molecular flexibility index (Phi) is 6.85. The standard InChI is InChI=1S/C17H24F2N6/c1-4-5-8-20-17(22-11-16-24-23-12(2)25(16)3)21-10-13-9-14(18)6-7-15(13)19/h6-7,9H,4-5,8,10-11H2,1-3H3,(H2,20,21,22). The topological polar surface area (TPSA) is 67.1 Å². The van der Waals surface area contributed by atoms with Crippen LogP contribution in [0, 0.1) is 18.6 Å². The van der Waals surface area contributed by atoms with Crippen LogP contribution >= 0.6 is 0 Å². The van der Waals surface area contributed by atoms with Gasteiger partial charge in [0, 0.05) is 19.2 Å². The van der Waals surface area contributed by atoms with Gasteiger partial charge < -0.3 is 15.2 Å². The van der Waals surface area contributed by atoms with Gasteiger partial charge >= 0.3 is 0 Å². The Hall–Kier alpha value is -2.51. The molecule has 136 valence electrons. The molecule has 0 saturated carbocycles. The number of nitrogens with zero attached hydrogens (tertiary/aromatic N) is 4. The van der Waals surface area contributed by atoms with Crippen LogP contribution in [0.5, 0.6) is 0 Å². The van der Waals surface area contributed by atoms with Crippen molar-refractivity contribution in [1.82, 2.24) is 25.4 Å². The van der Waals surface area contributed by atoms with Gasteiger partial charge in [0.2, 0.25) is 0 Å². The molecule has 0 aliphatic rings. The van der Waals surface area contributed by atoms with E-state index in [0.717, 1.165) is 49.2 Å². The van der Waals surface area contributed by atoms with Gasteiger partial charge in [-0.25, -0.2) is 13.8 Å². The van der Waals surface area contributed by atoms with Crippen molar-refractivity contribution in [1.29, 1.82) is 0 Å². The van der Waals surface area contributed by atoms with Gasteiger partial charge in [-0.1, -0.05) is 13.3 Å². The molecule has 0 fully saturated rings. The van der Waals surface area contributed by atoms with E-state index >= 15 is 0 Å². The lowest BCUT2D eigenvalue weighted by Gasteiger charge is -2.12. The van der Waals surface area contributed by atoms with Crippen molar-refractivity contribution in [3.8, 4) is 0 Å². The number of guanidine groups is 1. The smallest absolute Gasteiger partial charge is 0.191 e. The van der Waals surface area contributed by atoms with Gasteiger partial charge in [0.1, 0.15) is 17.5 Å². The summed E-state index contributed by atoms with van der Waals surface area (Å²) >= 11 is 0. The molecular formula is C17H24F2N6. The number of halogens is 2. The monoisotopic (exact) mass is 350 g/mol. The van der Waals surface area contributed by atoms with E-state index < -0.39 is 11.6 Å². The minimum atomic E-state index is -0.477. The SMILES string of the molecule is CCCCNC(=NCc1cc(F)ccc1F)NCc1nnc(C)n1C. The van der Waals surface area contributed by atoms with Crippen molar-refractivity contribution >= 4 is 5.96 Å². The number of hydrogen-bond acceptors (Lipinski definition) is 3. The highest BCUT2D eigenvalue weighted by Gasteiger charge is 2.07. The van der Waals surface area contributed by atoms with Gasteiger partial charge in [0.25, 0.3) is 0 Å². The normalized spacial score (nSPS) is 11.6. The Balaban J connectivity index is 2.05. The molecule has 25 heavy (non-hydrogen) atoms. The summed E-state index contributed by atoms with van der Waals surface area (Å²) in [4.78, 5) is 4.35. The van der Waals surface area contributed by atoms with Gasteiger partial charge in [0.05, 0.1) is 13.1 Å². The van der Waals surface area contributed by atoms with E-state index in [0.29, 0.717) is 12.5 Å². The number of unbranched alkanes of at least 4 members (excludes halogenated alkanes) is 1. The van der Waals surface area contributed by atoms with E-state index in [1.54, 1.807) is 0 Å². The molecule has 1 aromatic carbocycles. The molecule has 6 nitrogen and oxygen atoms in total. The largest absolute Gasteiger partial charge is 0.356 e. The fourth-order valence-electron chi connectivity index (χ4n) is 2.15. The van der Waals surface area contributed by atoms with Crippen LogP contribution in [0.25, 0.3) is 0 Å². The molecule has 2 aromatic rings. The molecule has 0 aliphatic carbocycles. The van der Waals surface area contributed by atoms with Gasteiger partial charge in [-0.05, 0) is 31.5 Å². The molecule has 1 aromatic heterocycles. The number of aromatic nitrogens is 3. The fraction of sp³-hybridized carbons (Fsp3) is 0.471. The lowest BCUT2D eigenvalue weighted by molar-refractivity contribution is 0.585. The zero-order chi connectivity index (χ0) is 18.2. The third-order valence-electron chi connectivity index (χ3n) is 3.83. The van der Waals surface area contributed by atoms with E-state index in [-0.39, 0.29) is 12.1 Å². The average Bonchev–Trinajstić information content (AvgIpc) is 2.91. The third-order valence-corrected chi connectivity index (χ3v) is 3.83. The Morgan fingerprint density at radius 3 is 2.72 bits per heavy atom. The molecule has 0 radical (unpaired) electrons. The first-order chi connectivity index (χ1) is 12.0. The van der Waals surface area contributed by atoms with Crippen LogP contribution in [-0.4, -0.2) is 27.3 Å². The summed E-state index contributed by atoms with van der Waals surface area (Å²) < 4.78 is 28.9. The first-order valence-corrected chi connectivity index (χ1v) is 8.32.